The van der Waals surface area contributed by atoms with Gasteiger partial charge >= 0.3 is 5.97 Å². The van der Waals surface area contributed by atoms with E-state index in [-0.39, 0.29) is 17.4 Å². The molecule has 0 bridgehead atoms. The number of hydrogen-bond acceptors (Lipinski definition) is 3. The number of allylic oxidation sites excluding steroid dienone is 1. The number of nitrogens with one attached hydrogen (secondary N) is 1. The van der Waals surface area contributed by atoms with Gasteiger partial charge in [-0.15, -0.1) is 0 Å². The van der Waals surface area contributed by atoms with Crippen LogP contribution in [0.4, 0.5) is 5.69 Å². The van der Waals surface area contributed by atoms with E-state index < -0.39 is 21.2 Å². The van der Waals surface area contributed by atoms with Crippen molar-refractivity contribution in [3.63, 3.8) is 0 Å². The molecule has 1 aromatic rings. The molecule has 25 heavy (non-hydrogen) atoms. The van der Waals surface area contributed by atoms with Gasteiger partial charge in [0.05, 0.1) is 11.3 Å². The number of para-hydroxylation sites is 1. The van der Waals surface area contributed by atoms with Crippen molar-refractivity contribution in [1.82, 2.24) is 0 Å². The third kappa shape index (κ3) is 4.24. The topological polar surface area (TPSA) is 83.5 Å². The maximum atomic E-state index is 13.0. The highest BCUT2D eigenvalue weighted by Gasteiger charge is 2.35. The van der Waals surface area contributed by atoms with Gasteiger partial charge in [-0.05, 0) is 42.2 Å². The standard InChI is InChI=1S/C19H27NO4S/c1-12(2)14-9-7-10-15(13(3)4)18(14)20-25(23,24)17-11-6-5-8-16(17)19(21)22/h7-10,12-13,17,20H,5-6,11H2,1-4H3,(H,21,22). The van der Waals surface area contributed by atoms with Crippen LogP contribution in [0.2, 0.25) is 0 Å². The van der Waals surface area contributed by atoms with E-state index in [9.17, 15) is 18.3 Å². The van der Waals surface area contributed by atoms with Crippen molar-refractivity contribution in [2.45, 2.75) is 64.0 Å². The van der Waals surface area contributed by atoms with Gasteiger partial charge in [0.2, 0.25) is 10.0 Å². The zero-order valence-electron chi connectivity index (χ0n) is 15.2. The monoisotopic (exact) mass is 365 g/mol. The van der Waals surface area contributed by atoms with Crippen LogP contribution in [0.25, 0.3) is 0 Å². The van der Waals surface area contributed by atoms with Crippen LogP contribution in [-0.2, 0) is 14.8 Å². The van der Waals surface area contributed by atoms with Crippen LogP contribution in [0.1, 0.15) is 69.9 Å². The summed E-state index contributed by atoms with van der Waals surface area (Å²) >= 11 is 0. The smallest absolute Gasteiger partial charge is 0.332 e. The predicted octanol–water partition coefficient (Wildman–Crippen LogP) is 4.24. The van der Waals surface area contributed by atoms with Crippen molar-refractivity contribution in [3.05, 3.63) is 41.0 Å². The minimum absolute atomic E-state index is 0.0214. The van der Waals surface area contributed by atoms with Crippen molar-refractivity contribution in [3.8, 4) is 0 Å². The fraction of sp³-hybridized carbons (Fsp3) is 0.526. The van der Waals surface area contributed by atoms with Crippen LogP contribution in [0.3, 0.4) is 0 Å². The van der Waals surface area contributed by atoms with Crippen molar-refractivity contribution in [2.75, 3.05) is 4.72 Å². The quantitative estimate of drug-likeness (QED) is 0.790. The van der Waals surface area contributed by atoms with Crippen LogP contribution in [0.15, 0.2) is 29.8 Å². The van der Waals surface area contributed by atoms with E-state index in [0.717, 1.165) is 11.1 Å². The van der Waals surface area contributed by atoms with Crippen LogP contribution in [-0.4, -0.2) is 24.7 Å². The Bertz CT molecular complexity index is 752. The summed E-state index contributed by atoms with van der Waals surface area (Å²) in [6.07, 6.45) is 3.14. The molecule has 0 heterocycles. The Labute approximate surface area is 150 Å². The summed E-state index contributed by atoms with van der Waals surface area (Å²) in [6.45, 7) is 8.06. The molecule has 0 saturated heterocycles. The minimum Gasteiger partial charge on any atom is -0.478 e. The molecule has 0 fully saturated rings. The number of hydrogen-bond donors (Lipinski definition) is 2. The van der Waals surface area contributed by atoms with E-state index in [4.69, 9.17) is 0 Å². The highest BCUT2D eigenvalue weighted by molar-refractivity contribution is 7.93. The number of rotatable bonds is 6. The summed E-state index contributed by atoms with van der Waals surface area (Å²) in [5.41, 5.74) is 2.42. The largest absolute Gasteiger partial charge is 0.478 e. The highest BCUT2D eigenvalue weighted by Crippen LogP contribution is 2.35. The first-order chi connectivity index (χ1) is 11.6. The molecule has 0 aromatic heterocycles. The Hall–Kier alpha value is -1.82. The molecule has 0 spiro atoms. The number of anilines is 1. The SMILES string of the molecule is CC(C)c1cccc(C(C)C)c1NS(=O)(=O)C1CCCC=C1C(=O)O. The molecule has 0 saturated carbocycles. The summed E-state index contributed by atoms with van der Waals surface area (Å²) < 4.78 is 28.7. The van der Waals surface area contributed by atoms with Gasteiger partial charge < -0.3 is 5.11 Å². The third-order valence-corrected chi connectivity index (χ3v) is 6.35. The van der Waals surface area contributed by atoms with Gasteiger partial charge in [-0.25, -0.2) is 13.2 Å². The normalized spacial score (nSPS) is 18.3. The lowest BCUT2D eigenvalue weighted by Gasteiger charge is -2.26. The lowest BCUT2D eigenvalue weighted by molar-refractivity contribution is -0.132. The molecule has 138 valence electrons. The zero-order valence-corrected chi connectivity index (χ0v) is 16.1. The number of aliphatic carboxylic acids is 1. The van der Waals surface area contributed by atoms with Crippen molar-refractivity contribution in [2.24, 2.45) is 0 Å². The first-order valence-corrected chi connectivity index (χ1v) is 10.3. The molecule has 0 amide bonds. The highest BCUT2D eigenvalue weighted by atomic mass is 32.2. The zero-order chi connectivity index (χ0) is 18.8. The molecule has 1 aliphatic carbocycles. The minimum atomic E-state index is -3.84. The van der Waals surface area contributed by atoms with E-state index in [1.807, 2.05) is 45.9 Å². The van der Waals surface area contributed by atoms with Crippen LogP contribution in [0, 0.1) is 0 Å². The van der Waals surface area contributed by atoms with Gasteiger partial charge in [0.25, 0.3) is 0 Å². The van der Waals surface area contributed by atoms with Gasteiger partial charge in [0.1, 0.15) is 5.25 Å². The molecule has 1 aliphatic rings. The van der Waals surface area contributed by atoms with Crippen molar-refractivity contribution in [1.29, 1.82) is 0 Å². The predicted molar refractivity (Wildman–Crippen MR) is 101 cm³/mol. The van der Waals surface area contributed by atoms with E-state index in [1.165, 1.54) is 6.08 Å². The molecule has 2 rings (SSSR count). The summed E-state index contributed by atoms with van der Waals surface area (Å²) in [5.74, 6) is -0.856. The molecule has 5 nitrogen and oxygen atoms in total. The molecular formula is C19H27NO4S. The molecule has 1 aromatic carbocycles. The van der Waals surface area contributed by atoms with Gasteiger partial charge in [-0.1, -0.05) is 52.0 Å². The second-order valence-corrected chi connectivity index (χ2v) is 9.02. The van der Waals surface area contributed by atoms with Crippen LogP contribution >= 0.6 is 0 Å². The van der Waals surface area contributed by atoms with Crippen molar-refractivity contribution >= 4 is 21.7 Å². The Morgan fingerprint density at radius 3 is 2.20 bits per heavy atom. The summed E-state index contributed by atoms with van der Waals surface area (Å²) in [7, 11) is -3.84. The fourth-order valence-corrected chi connectivity index (χ4v) is 4.95. The second-order valence-electron chi connectivity index (χ2n) is 7.15. The summed E-state index contributed by atoms with van der Waals surface area (Å²) in [4.78, 5) is 11.5. The lowest BCUT2D eigenvalue weighted by atomic mass is 9.93. The Balaban J connectivity index is 2.49. The van der Waals surface area contributed by atoms with E-state index >= 15 is 0 Å². The van der Waals surface area contributed by atoms with Gasteiger partial charge in [0.15, 0.2) is 0 Å². The van der Waals surface area contributed by atoms with Gasteiger partial charge in [-0.3, -0.25) is 4.72 Å². The fourth-order valence-electron chi connectivity index (χ4n) is 3.28. The number of carboxylic acids is 1. The Morgan fingerprint density at radius 2 is 1.72 bits per heavy atom. The number of carboxylic acid groups (broad SMARTS) is 1. The third-order valence-electron chi connectivity index (χ3n) is 4.62. The second kappa shape index (κ2) is 7.60. The summed E-state index contributed by atoms with van der Waals surface area (Å²) in [6, 6.07) is 5.78. The first kappa shape index (κ1) is 19.5. The van der Waals surface area contributed by atoms with Crippen molar-refractivity contribution < 1.29 is 18.3 Å². The average Bonchev–Trinajstić information content (AvgIpc) is 2.54. The molecule has 1 atom stereocenters. The van der Waals surface area contributed by atoms with Crippen LogP contribution < -0.4 is 4.72 Å². The maximum absolute atomic E-state index is 13.0. The lowest BCUT2D eigenvalue weighted by Crippen LogP contribution is -2.34. The van der Waals surface area contributed by atoms with Gasteiger partial charge in [-0.2, -0.15) is 0 Å². The Morgan fingerprint density at radius 1 is 1.16 bits per heavy atom. The van der Waals surface area contributed by atoms with E-state index in [0.29, 0.717) is 24.9 Å². The molecule has 1 unspecified atom stereocenters. The molecular weight excluding hydrogens is 338 g/mol. The maximum Gasteiger partial charge on any atom is 0.332 e. The molecule has 0 radical (unpaired) electrons. The molecule has 0 aliphatic heterocycles. The van der Waals surface area contributed by atoms with Crippen LogP contribution in [0.5, 0.6) is 0 Å². The Kier molecular flexibility index (Phi) is 5.93. The van der Waals surface area contributed by atoms with E-state index in [2.05, 4.69) is 4.72 Å². The van der Waals surface area contributed by atoms with E-state index in [1.54, 1.807) is 0 Å². The summed E-state index contributed by atoms with van der Waals surface area (Å²) in [5, 5.41) is 8.35. The molecule has 6 heteroatoms. The average molecular weight is 365 g/mol. The first-order valence-electron chi connectivity index (χ1n) is 8.73. The number of carbonyl (C=O) groups is 1. The van der Waals surface area contributed by atoms with Gasteiger partial charge in [0, 0.05) is 0 Å². The number of sulfonamides is 1. The molecule has 2 N–H and O–H groups in total. The number of benzene rings is 1.